The fourth-order valence-corrected chi connectivity index (χ4v) is 4.47. The van der Waals surface area contributed by atoms with Crippen LogP contribution in [0.2, 0.25) is 0 Å². The maximum Gasteiger partial charge on any atom is 0.164 e. The standard InChI is InChI=1S/C28H24ClNO/c29-30(22-21-27(31)23-13-5-1-6-14-23)28(24-15-7-2-8-16-24,25-17-9-3-10-18-25)26-19-11-4-12-20-26/h1-20H,21-22H2. The minimum Gasteiger partial charge on any atom is -0.294 e. The van der Waals surface area contributed by atoms with Crippen LogP contribution in [0.3, 0.4) is 0 Å². The number of hydrogen-bond acceptors (Lipinski definition) is 2. The van der Waals surface area contributed by atoms with Gasteiger partial charge in [-0.15, -0.1) is 0 Å². The van der Waals surface area contributed by atoms with Crippen LogP contribution in [0.1, 0.15) is 33.5 Å². The summed E-state index contributed by atoms with van der Waals surface area (Å²) >= 11 is 7.12. The number of carbonyl (C=O) groups excluding carboxylic acids is 1. The van der Waals surface area contributed by atoms with Crippen LogP contribution < -0.4 is 0 Å². The second-order valence-electron chi connectivity index (χ2n) is 7.43. The average Bonchev–Trinajstić information content (AvgIpc) is 2.85. The van der Waals surface area contributed by atoms with Crippen LogP contribution in [-0.2, 0) is 5.54 Å². The molecule has 0 aliphatic heterocycles. The molecule has 0 aromatic heterocycles. The molecule has 2 nitrogen and oxygen atoms in total. The molecule has 0 atom stereocenters. The number of rotatable bonds is 8. The van der Waals surface area contributed by atoms with Crippen LogP contribution in [-0.4, -0.2) is 16.7 Å². The van der Waals surface area contributed by atoms with Crippen LogP contribution in [0, 0.1) is 0 Å². The molecule has 4 aromatic carbocycles. The first-order valence-electron chi connectivity index (χ1n) is 10.4. The van der Waals surface area contributed by atoms with Gasteiger partial charge in [-0.1, -0.05) is 121 Å². The number of Topliss-reactive ketones (excluding diaryl/α,β-unsaturated/α-hetero) is 1. The first-order valence-corrected chi connectivity index (χ1v) is 10.7. The zero-order chi connectivity index (χ0) is 21.5. The third kappa shape index (κ3) is 4.32. The lowest BCUT2D eigenvalue weighted by atomic mass is 9.77. The van der Waals surface area contributed by atoms with Gasteiger partial charge in [-0.05, 0) is 28.5 Å². The maximum atomic E-state index is 12.8. The fraction of sp³-hybridized carbons (Fsp3) is 0.107. The summed E-state index contributed by atoms with van der Waals surface area (Å²) < 4.78 is 1.79. The number of hydrogen-bond donors (Lipinski definition) is 0. The Bertz CT molecular complexity index is 1000. The van der Waals surface area contributed by atoms with Gasteiger partial charge in [0.05, 0.1) is 0 Å². The van der Waals surface area contributed by atoms with Crippen molar-refractivity contribution in [1.82, 2.24) is 4.42 Å². The summed E-state index contributed by atoms with van der Waals surface area (Å²) in [5.74, 6) is 0.0781. The number of nitrogens with zero attached hydrogens (tertiary/aromatic N) is 1. The second-order valence-corrected chi connectivity index (χ2v) is 7.84. The van der Waals surface area contributed by atoms with Gasteiger partial charge in [0.1, 0.15) is 5.54 Å². The summed E-state index contributed by atoms with van der Waals surface area (Å²) in [6, 6.07) is 40.1. The fourth-order valence-electron chi connectivity index (χ4n) is 4.09. The van der Waals surface area contributed by atoms with Crippen LogP contribution in [0.5, 0.6) is 0 Å². The highest BCUT2D eigenvalue weighted by atomic mass is 35.5. The van der Waals surface area contributed by atoms with Crippen LogP contribution in [0.4, 0.5) is 0 Å². The van der Waals surface area contributed by atoms with Crippen molar-refractivity contribution >= 4 is 17.6 Å². The van der Waals surface area contributed by atoms with Crippen LogP contribution in [0.25, 0.3) is 0 Å². The van der Waals surface area contributed by atoms with Gasteiger partial charge in [0.2, 0.25) is 0 Å². The van der Waals surface area contributed by atoms with Crippen LogP contribution in [0.15, 0.2) is 121 Å². The number of halogens is 1. The first kappa shape index (κ1) is 21.0. The highest BCUT2D eigenvalue weighted by Crippen LogP contribution is 2.43. The molecule has 31 heavy (non-hydrogen) atoms. The molecule has 3 heteroatoms. The lowest BCUT2D eigenvalue weighted by Crippen LogP contribution is -2.43. The number of benzene rings is 4. The van der Waals surface area contributed by atoms with Crippen molar-refractivity contribution in [3.8, 4) is 0 Å². The zero-order valence-corrected chi connectivity index (χ0v) is 18.0. The highest BCUT2D eigenvalue weighted by molar-refractivity contribution is 6.14. The molecule has 0 unspecified atom stereocenters. The van der Waals surface area contributed by atoms with E-state index in [1.54, 1.807) is 4.42 Å². The van der Waals surface area contributed by atoms with Gasteiger partial charge in [0.25, 0.3) is 0 Å². The second kappa shape index (κ2) is 9.74. The van der Waals surface area contributed by atoms with Gasteiger partial charge in [0, 0.05) is 18.5 Å². The third-order valence-electron chi connectivity index (χ3n) is 5.57. The third-order valence-corrected chi connectivity index (χ3v) is 5.99. The molecule has 0 fully saturated rings. The van der Waals surface area contributed by atoms with Crippen molar-refractivity contribution in [2.45, 2.75) is 12.0 Å². The van der Waals surface area contributed by atoms with Crippen LogP contribution >= 0.6 is 11.8 Å². The lowest BCUT2D eigenvalue weighted by molar-refractivity contribution is 0.0968. The quantitative estimate of drug-likeness (QED) is 0.178. The van der Waals surface area contributed by atoms with E-state index in [4.69, 9.17) is 11.8 Å². The Morgan fingerprint density at radius 1 is 0.613 bits per heavy atom. The Labute approximate surface area is 188 Å². The van der Waals surface area contributed by atoms with E-state index in [9.17, 15) is 4.79 Å². The van der Waals surface area contributed by atoms with Gasteiger partial charge in [-0.2, -0.15) is 0 Å². The van der Waals surface area contributed by atoms with E-state index in [2.05, 4.69) is 36.4 Å². The maximum absolute atomic E-state index is 12.8. The van der Waals surface area contributed by atoms with Crippen molar-refractivity contribution in [2.75, 3.05) is 6.54 Å². The minimum absolute atomic E-state index is 0.0781. The van der Waals surface area contributed by atoms with E-state index in [1.807, 2.05) is 84.9 Å². The predicted octanol–water partition coefficient (Wildman–Crippen LogP) is 6.71. The SMILES string of the molecule is O=C(CCN(Cl)C(c1ccccc1)(c1ccccc1)c1ccccc1)c1ccccc1. The van der Waals surface area contributed by atoms with E-state index in [0.717, 1.165) is 16.7 Å². The van der Waals surface area contributed by atoms with Gasteiger partial charge >= 0.3 is 0 Å². The van der Waals surface area contributed by atoms with Gasteiger partial charge in [0.15, 0.2) is 5.78 Å². The molecule has 4 aromatic rings. The van der Waals surface area contributed by atoms with Gasteiger partial charge in [-0.25, -0.2) is 4.42 Å². The summed E-state index contributed by atoms with van der Waals surface area (Å²) in [5, 5.41) is 0. The summed E-state index contributed by atoms with van der Waals surface area (Å²) in [6.07, 6.45) is 0.321. The molecule has 0 heterocycles. The molecule has 0 saturated heterocycles. The molecule has 0 aliphatic rings. The molecule has 0 saturated carbocycles. The van der Waals surface area contributed by atoms with Crippen molar-refractivity contribution < 1.29 is 4.79 Å². The average molecular weight is 426 g/mol. The number of carbonyl (C=O) groups is 1. The molecule has 0 bridgehead atoms. The summed E-state index contributed by atoms with van der Waals surface area (Å²) in [6.45, 7) is 0.397. The first-order chi connectivity index (χ1) is 15.2. The molecule has 0 radical (unpaired) electrons. The van der Waals surface area contributed by atoms with Gasteiger partial charge < -0.3 is 0 Å². The van der Waals surface area contributed by atoms with Crippen molar-refractivity contribution in [3.63, 3.8) is 0 Å². The Kier molecular flexibility index (Phi) is 6.61. The minimum atomic E-state index is -0.734. The predicted molar refractivity (Wildman–Crippen MR) is 127 cm³/mol. The molecule has 0 spiro atoms. The van der Waals surface area contributed by atoms with Crippen molar-refractivity contribution in [3.05, 3.63) is 144 Å². The van der Waals surface area contributed by atoms with E-state index in [1.165, 1.54) is 0 Å². The summed E-state index contributed by atoms with van der Waals surface area (Å²) in [7, 11) is 0. The van der Waals surface area contributed by atoms with E-state index in [-0.39, 0.29) is 5.78 Å². The lowest BCUT2D eigenvalue weighted by Gasteiger charge is -2.41. The largest absolute Gasteiger partial charge is 0.294 e. The Morgan fingerprint density at radius 3 is 1.35 bits per heavy atom. The molecule has 0 amide bonds. The number of ketones is 1. The molecular formula is C28H24ClNO. The Balaban J connectivity index is 1.79. The monoisotopic (exact) mass is 425 g/mol. The van der Waals surface area contributed by atoms with E-state index < -0.39 is 5.54 Å². The van der Waals surface area contributed by atoms with Gasteiger partial charge in [-0.3, -0.25) is 4.79 Å². The molecule has 0 N–H and O–H groups in total. The normalized spacial score (nSPS) is 11.4. The smallest absolute Gasteiger partial charge is 0.164 e. The molecule has 154 valence electrons. The summed E-state index contributed by atoms with van der Waals surface area (Å²) in [4.78, 5) is 12.8. The summed E-state index contributed by atoms with van der Waals surface area (Å²) in [5.41, 5.74) is 3.12. The topological polar surface area (TPSA) is 20.3 Å². The van der Waals surface area contributed by atoms with E-state index >= 15 is 0 Å². The Morgan fingerprint density at radius 2 is 0.968 bits per heavy atom. The molecular weight excluding hydrogens is 402 g/mol. The zero-order valence-electron chi connectivity index (χ0n) is 17.2. The highest BCUT2D eigenvalue weighted by Gasteiger charge is 2.41. The van der Waals surface area contributed by atoms with Crippen molar-refractivity contribution in [1.29, 1.82) is 0 Å². The molecule has 0 aliphatic carbocycles. The molecule has 4 rings (SSSR count). The Hall–Kier alpha value is -3.20. The van der Waals surface area contributed by atoms with Crippen molar-refractivity contribution in [2.24, 2.45) is 0 Å². The van der Waals surface area contributed by atoms with E-state index in [0.29, 0.717) is 18.5 Å².